The fourth-order valence-corrected chi connectivity index (χ4v) is 2.92. The number of carbonyl (C=O) groups excluding carboxylic acids is 1. The Labute approximate surface area is 97.3 Å². The van der Waals surface area contributed by atoms with Crippen molar-refractivity contribution in [3.05, 3.63) is 0 Å². The van der Waals surface area contributed by atoms with Crippen LogP contribution in [0.4, 0.5) is 4.79 Å². The molecule has 2 aliphatic rings. The smallest absolute Gasteiger partial charge is 0.410 e. The van der Waals surface area contributed by atoms with E-state index in [-0.39, 0.29) is 6.09 Å². The zero-order chi connectivity index (χ0) is 11.4. The fraction of sp³-hybridized carbons (Fsp3) is 0.917. The van der Waals surface area contributed by atoms with Crippen LogP contribution >= 0.6 is 0 Å². The molecule has 0 radical (unpaired) electrons. The summed E-state index contributed by atoms with van der Waals surface area (Å²) < 4.78 is 5.11. The van der Waals surface area contributed by atoms with Crippen LogP contribution < -0.4 is 5.32 Å². The van der Waals surface area contributed by atoms with Gasteiger partial charge >= 0.3 is 6.09 Å². The number of ether oxygens (including phenoxy) is 1. The maximum absolute atomic E-state index is 11.8. The number of hydrogen-bond donors (Lipinski definition) is 1. The van der Waals surface area contributed by atoms with Crippen molar-refractivity contribution < 1.29 is 9.53 Å². The SMILES string of the molecule is CCOC(=O)N1CCCC1C1CCCNC1. The van der Waals surface area contributed by atoms with Gasteiger partial charge in [0.25, 0.3) is 0 Å². The first-order valence-electron chi connectivity index (χ1n) is 6.47. The van der Waals surface area contributed by atoms with Gasteiger partial charge in [-0.15, -0.1) is 0 Å². The molecule has 4 nitrogen and oxygen atoms in total. The van der Waals surface area contributed by atoms with Gasteiger partial charge in [0, 0.05) is 12.6 Å². The van der Waals surface area contributed by atoms with Gasteiger partial charge in [-0.25, -0.2) is 4.79 Å². The zero-order valence-electron chi connectivity index (χ0n) is 10.1. The van der Waals surface area contributed by atoms with Crippen molar-refractivity contribution in [1.82, 2.24) is 10.2 Å². The van der Waals surface area contributed by atoms with Crippen LogP contribution in [0.5, 0.6) is 0 Å². The Morgan fingerprint density at radius 2 is 2.31 bits per heavy atom. The molecule has 2 atom stereocenters. The number of rotatable bonds is 2. The molecule has 2 saturated heterocycles. The molecule has 2 rings (SSSR count). The zero-order valence-corrected chi connectivity index (χ0v) is 10.1. The first-order valence-corrected chi connectivity index (χ1v) is 6.47. The molecule has 1 amide bonds. The molecule has 0 spiro atoms. The molecule has 0 bridgehead atoms. The number of nitrogens with one attached hydrogen (secondary N) is 1. The first kappa shape index (κ1) is 11.7. The van der Waals surface area contributed by atoms with Crippen LogP contribution in [-0.4, -0.2) is 43.3 Å². The van der Waals surface area contributed by atoms with Gasteiger partial charge in [0.15, 0.2) is 0 Å². The molecule has 4 heteroatoms. The monoisotopic (exact) mass is 226 g/mol. The number of piperidine rings is 1. The van der Waals surface area contributed by atoms with E-state index >= 15 is 0 Å². The van der Waals surface area contributed by atoms with Crippen LogP contribution in [0.1, 0.15) is 32.6 Å². The van der Waals surface area contributed by atoms with Gasteiger partial charge in [-0.3, -0.25) is 0 Å². The Morgan fingerprint density at radius 1 is 1.44 bits per heavy atom. The second-order valence-electron chi connectivity index (χ2n) is 4.71. The van der Waals surface area contributed by atoms with Gasteiger partial charge in [0.1, 0.15) is 0 Å². The minimum absolute atomic E-state index is 0.115. The molecule has 2 aliphatic heterocycles. The molecule has 0 aromatic heterocycles. The molecular formula is C12H22N2O2. The van der Waals surface area contributed by atoms with Crippen LogP contribution in [0.25, 0.3) is 0 Å². The number of nitrogens with zero attached hydrogens (tertiary/aromatic N) is 1. The number of hydrogen-bond acceptors (Lipinski definition) is 3. The summed E-state index contributed by atoms with van der Waals surface area (Å²) in [5.41, 5.74) is 0. The first-order chi connectivity index (χ1) is 7.83. The molecule has 16 heavy (non-hydrogen) atoms. The minimum atomic E-state index is -0.115. The standard InChI is InChI=1S/C12H22N2O2/c1-2-16-12(15)14-8-4-6-11(14)10-5-3-7-13-9-10/h10-11,13H,2-9H2,1H3. The van der Waals surface area contributed by atoms with Crippen molar-refractivity contribution in [3.63, 3.8) is 0 Å². The molecule has 2 unspecified atom stereocenters. The van der Waals surface area contributed by atoms with E-state index < -0.39 is 0 Å². The van der Waals surface area contributed by atoms with Crippen LogP contribution in [0.2, 0.25) is 0 Å². The van der Waals surface area contributed by atoms with Crippen LogP contribution in [0, 0.1) is 5.92 Å². The maximum Gasteiger partial charge on any atom is 0.410 e. The Morgan fingerprint density at radius 3 is 3.00 bits per heavy atom. The van der Waals surface area contributed by atoms with Gasteiger partial charge in [-0.1, -0.05) is 0 Å². The summed E-state index contributed by atoms with van der Waals surface area (Å²) in [6, 6.07) is 0.409. The van der Waals surface area contributed by atoms with E-state index in [1.54, 1.807) is 0 Å². The number of carbonyl (C=O) groups is 1. The Kier molecular flexibility index (Phi) is 4.04. The maximum atomic E-state index is 11.8. The Hall–Kier alpha value is -0.770. The molecule has 2 fully saturated rings. The van der Waals surface area contributed by atoms with Gasteiger partial charge in [0.05, 0.1) is 6.61 Å². The van der Waals surface area contributed by atoms with E-state index in [2.05, 4.69) is 5.32 Å². The molecule has 0 saturated carbocycles. The van der Waals surface area contributed by atoms with Crippen molar-refractivity contribution in [1.29, 1.82) is 0 Å². The van der Waals surface area contributed by atoms with Gasteiger partial charge < -0.3 is 15.0 Å². The Bertz CT molecular complexity index is 239. The highest BCUT2D eigenvalue weighted by Crippen LogP contribution is 2.28. The number of likely N-dealkylation sites (tertiary alicyclic amines) is 1. The minimum Gasteiger partial charge on any atom is -0.450 e. The second kappa shape index (κ2) is 5.53. The van der Waals surface area contributed by atoms with E-state index in [0.29, 0.717) is 18.6 Å². The third-order valence-electron chi connectivity index (χ3n) is 3.68. The summed E-state index contributed by atoms with van der Waals surface area (Å²) in [5.74, 6) is 0.626. The van der Waals surface area contributed by atoms with E-state index in [4.69, 9.17) is 4.74 Å². The molecule has 92 valence electrons. The fourth-order valence-electron chi connectivity index (χ4n) is 2.92. The normalized spacial score (nSPS) is 30.4. The van der Waals surface area contributed by atoms with Crippen molar-refractivity contribution in [2.45, 2.75) is 38.6 Å². The predicted molar refractivity (Wildman–Crippen MR) is 62.3 cm³/mol. The lowest BCUT2D eigenvalue weighted by Gasteiger charge is -2.33. The van der Waals surface area contributed by atoms with E-state index in [9.17, 15) is 4.79 Å². The van der Waals surface area contributed by atoms with E-state index in [1.165, 1.54) is 12.8 Å². The summed E-state index contributed by atoms with van der Waals surface area (Å²) in [4.78, 5) is 13.7. The quantitative estimate of drug-likeness (QED) is 0.777. The molecular weight excluding hydrogens is 204 g/mol. The van der Waals surface area contributed by atoms with Crippen molar-refractivity contribution >= 4 is 6.09 Å². The highest BCUT2D eigenvalue weighted by atomic mass is 16.6. The highest BCUT2D eigenvalue weighted by Gasteiger charge is 2.35. The van der Waals surface area contributed by atoms with Crippen molar-refractivity contribution in [2.75, 3.05) is 26.2 Å². The molecule has 1 N–H and O–H groups in total. The molecule has 0 aliphatic carbocycles. The molecule has 0 aromatic carbocycles. The Balaban J connectivity index is 1.93. The second-order valence-corrected chi connectivity index (χ2v) is 4.71. The summed E-state index contributed by atoms with van der Waals surface area (Å²) in [6.07, 6.45) is 4.63. The van der Waals surface area contributed by atoms with Crippen LogP contribution in [0.15, 0.2) is 0 Å². The van der Waals surface area contributed by atoms with Crippen molar-refractivity contribution in [3.8, 4) is 0 Å². The van der Waals surface area contributed by atoms with Crippen LogP contribution in [0.3, 0.4) is 0 Å². The van der Waals surface area contributed by atoms with Crippen molar-refractivity contribution in [2.24, 2.45) is 5.92 Å². The topological polar surface area (TPSA) is 41.6 Å². The lowest BCUT2D eigenvalue weighted by atomic mass is 9.90. The average Bonchev–Trinajstić information content (AvgIpc) is 2.79. The average molecular weight is 226 g/mol. The predicted octanol–water partition coefficient (Wildman–Crippen LogP) is 1.61. The van der Waals surface area contributed by atoms with E-state index in [1.807, 2.05) is 11.8 Å². The summed E-state index contributed by atoms with van der Waals surface area (Å²) in [5, 5.41) is 3.42. The third kappa shape index (κ3) is 2.48. The highest BCUT2D eigenvalue weighted by molar-refractivity contribution is 5.68. The third-order valence-corrected chi connectivity index (χ3v) is 3.68. The summed E-state index contributed by atoms with van der Waals surface area (Å²) in [7, 11) is 0. The molecule has 2 heterocycles. The number of amides is 1. The lowest BCUT2D eigenvalue weighted by Crippen LogP contribution is -2.45. The summed E-state index contributed by atoms with van der Waals surface area (Å²) >= 11 is 0. The van der Waals surface area contributed by atoms with Gasteiger partial charge in [-0.05, 0) is 51.6 Å². The van der Waals surface area contributed by atoms with Gasteiger partial charge in [0.2, 0.25) is 0 Å². The van der Waals surface area contributed by atoms with Gasteiger partial charge in [-0.2, -0.15) is 0 Å². The lowest BCUT2D eigenvalue weighted by molar-refractivity contribution is 0.0875. The van der Waals surface area contributed by atoms with Crippen LogP contribution in [-0.2, 0) is 4.74 Å². The largest absolute Gasteiger partial charge is 0.450 e. The van der Waals surface area contributed by atoms with E-state index in [0.717, 1.165) is 32.5 Å². The molecule has 0 aromatic rings. The summed E-state index contributed by atoms with van der Waals surface area (Å²) in [6.45, 7) is 5.40.